The van der Waals surface area contributed by atoms with E-state index in [0.29, 0.717) is 6.04 Å². The van der Waals surface area contributed by atoms with Gasteiger partial charge in [-0.3, -0.25) is 0 Å². The van der Waals surface area contributed by atoms with Crippen LogP contribution in [0, 0.1) is 18.8 Å². The zero-order valence-corrected chi connectivity index (χ0v) is 12.0. The largest absolute Gasteiger partial charge is 0.497 e. The highest BCUT2D eigenvalue weighted by atomic mass is 16.5. The number of nitrogens with one attached hydrogen (secondary N) is 1. The number of ether oxygens (including phenoxy) is 1. The predicted octanol–water partition coefficient (Wildman–Crippen LogP) is 3.70. The first-order chi connectivity index (χ1) is 8.65. The van der Waals surface area contributed by atoms with Gasteiger partial charge in [0.25, 0.3) is 0 Å². The molecule has 3 atom stereocenters. The van der Waals surface area contributed by atoms with E-state index in [2.05, 4.69) is 44.4 Å². The first-order valence-corrected chi connectivity index (χ1v) is 6.97. The van der Waals surface area contributed by atoms with Crippen LogP contribution in [0.4, 0.5) is 0 Å². The molecular weight excluding hydrogens is 222 g/mol. The lowest BCUT2D eigenvalue weighted by atomic mass is 9.88. The molecule has 1 aliphatic carbocycles. The highest BCUT2D eigenvalue weighted by molar-refractivity contribution is 5.37. The molecule has 0 aliphatic heterocycles. The summed E-state index contributed by atoms with van der Waals surface area (Å²) in [5.74, 6) is 2.60. The van der Waals surface area contributed by atoms with Gasteiger partial charge in [0.1, 0.15) is 5.75 Å². The molecule has 3 unspecified atom stereocenters. The van der Waals surface area contributed by atoms with Gasteiger partial charge < -0.3 is 10.1 Å². The number of rotatable bonds is 4. The summed E-state index contributed by atoms with van der Waals surface area (Å²) in [6.07, 6.45) is 4.06. The van der Waals surface area contributed by atoms with Gasteiger partial charge in [0.2, 0.25) is 0 Å². The summed E-state index contributed by atoms with van der Waals surface area (Å²) in [6.45, 7) is 4.55. The molecule has 1 aliphatic rings. The molecule has 0 saturated heterocycles. The maximum atomic E-state index is 5.29. The topological polar surface area (TPSA) is 21.3 Å². The molecule has 0 spiro atoms. The van der Waals surface area contributed by atoms with Crippen LogP contribution in [0.5, 0.6) is 5.75 Å². The Morgan fingerprint density at radius 1 is 1.33 bits per heavy atom. The molecule has 0 heterocycles. The van der Waals surface area contributed by atoms with Crippen LogP contribution in [0.25, 0.3) is 0 Å². The first-order valence-electron chi connectivity index (χ1n) is 6.97. The van der Waals surface area contributed by atoms with Crippen LogP contribution in [0.1, 0.15) is 43.4 Å². The Labute approximate surface area is 111 Å². The molecule has 2 heteroatoms. The summed E-state index contributed by atoms with van der Waals surface area (Å²) in [5, 5.41) is 3.52. The molecule has 100 valence electrons. The Morgan fingerprint density at radius 3 is 2.61 bits per heavy atom. The van der Waals surface area contributed by atoms with Crippen LogP contribution in [0.3, 0.4) is 0 Å². The Morgan fingerprint density at radius 2 is 2.11 bits per heavy atom. The Hall–Kier alpha value is -1.02. The normalized spacial score (nSPS) is 25.1. The van der Waals surface area contributed by atoms with Crippen LogP contribution in [0.15, 0.2) is 18.2 Å². The van der Waals surface area contributed by atoms with Crippen LogP contribution in [-0.4, -0.2) is 14.2 Å². The number of hydrogen-bond acceptors (Lipinski definition) is 2. The maximum Gasteiger partial charge on any atom is 0.119 e. The van der Waals surface area contributed by atoms with Crippen molar-refractivity contribution in [2.24, 2.45) is 11.8 Å². The monoisotopic (exact) mass is 247 g/mol. The average Bonchev–Trinajstić information content (AvgIpc) is 2.78. The lowest BCUT2D eigenvalue weighted by Gasteiger charge is -2.25. The fraction of sp³-hybridized carbons (Fsp3) is 0.625. The highest BCUT2D eigenvalue weighted by Gasteiger charge is 2.29. The summed E-state index contributed by atoms with van der Waals surface area (Å²) in [5.41, 5.74) is 2.76. The second-order valence-corrected chi connectivity index (χ2v) is 5.67. The molecule has 0 aromatic heterocycles. The Kier molecular flexibility index (Phi) is 4.28. The van der Waals surface area contributed by atoms with E-state index in [-0.39, 0.29) is 0 Å². The van der Waals surface area contributed by atoms with Crippen molar-refractivity contribution in [1.29, 1.82) is 0 Å². The zero-order chi connectivity index (χ0) is 13.1. The fourth-order valence-corrected chi connectivity index (χ4v) is 3.32. The second kappa shape index (κ2) is 5.75. The summed E-state index contributed by atoms with van der Waals surface area (Å²) in [4.78, 5) is 0. The van der Waals surface area contributed by atoms with Crippen molar-refractivity contribution in [2.75, 3.05) is 14.2 Å². The molecule has 2 rings (SSSR count). The Balaban J connectivity index is 2.22. The van der Waals surface area contributed by atoms with E-state index in [1.165, 1.54) is 30.4 Å². The zero-order valence-electron chi connectivity index (χ0n) is 12.0. The minimum absolute atomic E-state index is 0.487. The molecular formula is C16H25NO. The van der Waals surface area contributed by atoms with Gasteiger partial charge in [-0.25, -0.2) is 0 Å². The van der Waals surface area contributed by atoms with Crippen LogP contribution >= 0.6 is 0 Å². The minimum Gasteiger partial charge on any atom is -0.497 e. The van der Waals surface area contributed by atoms with Crippen LogP contribution in [0.2, 0.25) is 0 Å². The molecule has 0 bridgehead atoms. The molecule has 18 heavy (non-hydrogen) atoms. The van der Waals surface area contributed by atoms with E-state index in [1.54, 1.807) is 7.11 Å². The predicted molar refractivity (Wildman–Crippen MR) is 76.0 cm³/mol. The molecule has 0 amide bonds. The molecule has 1 aromatic carbocycles. The van der Waals surface area contributed by atoms with Crippen molar-refractivity contribution in [3.8, 4) is 5.75 Å². The van der Waals surface area contributed by atoms with Crippen molar-refractivity contribution in [1.82, 2.24) is 5.32 Å². The summed E-state index contributed by atoms with van der Waals surface area (Å²) >= 11 is 0. The number of hydrogen-bond donors (Lipinski definition) is 1. The maximum absolute atomic E-state index is 5.29. The summed E-state index contributed by atoms with van der Waals surface area (Å²) in [7, 11) is 3.81. The van der Waals surface area contributed by atoms with Crippen LogP contribution < -0.4 is 10.1 Å². The van der Waals surface area contributed by atoms with Gasteiger partial charge in [-0.2, -0.15) is 0 Å². The van der Waals surface area contributed by atoms with Gasteiger partial charge in [0, 0.05) is 6.04 Å². The Bertz CT molecular complexity index is 402. The van der Waals surface area contributed by atoms with Crippen LogP contribution in [-0.2, 0) is 0 Å². The lowest BCUT2D eigenvalue weighted by Crippen LogP contribution is -2.24. The molecule has 2 nitrogen and oxygen atoms in total. The second-order valence-electron chi connectivity index (χ2n) is 5.67. The SMILES string of the molecule is CNC(c1ccc(OC)cc1C)C1CCC(C)C1. The van der Waals surface area contributed by atoms with Gasteiger partial charge in [-0.1, -0.05) is 19.4 Å². The van der Waals surface area contributed by atoms with Gasteiger partial charge in [-0.15, -0.1) is 0 Å². The third-order valence-electron chi connectivity index (χ3n) is 4.33. The average molecular weight is 247 g/mol. The van der Waals surface area contributed by atoms with Crippen molar-refractivity contribution in [2.45, 2.75) is 39.2 Å². The smallest absolute Gasteiger partial charge is 0.119 e. The number of methoxy groups -OCH3 is 1. The van der Waals surface area contributed by atoms with E-state index in [1.807, 2.05) is 0 Å². The standard InChI is InChI=1S/C16H25NO/c1-11-5-6-13(9-11)16(17-3)15-8-7-14(18-4)10-12(15)2/h7-8,10-11,13,16-17H,5-6,9H2,1-4H3. The molecule has 1 aromatic rings. The lowest BCUT2D eigenvalue weighted by molar-refractivity contribution is 0.376. The van der Waals surface area contributed by atoms with E-state index in [4.69, 9.17) is 4.74 Å². The van der Waals surface area contributed by atoms with Crippen molar-refractivity contribution in [3.63, 3.8) is 0 Å². The molecule has 1 saturated carbocycles. The van der Waals surface area contributed by atoms with Gasteiger partial charge in [0.15, 0.2) is 0 Å². The number of aryl methyl sites for hydroxylation is 1. The van der Waals surface area contributed by atoms with E-state index >= 15 is 0 Å². The minimum atomic E-state index is 0.487. The van der Waals surface area contributed by atoms with E-state index < -0.39 is 0 Å². The van der Waals surface area contributed by atoms with E-state index in [0.717, 1.165) is 17.6 Å². The first kappa shape index (κ1) is 13.4. The summed E-state index contributed by atoms with van der Waals surface area (Å²) < 4.78 is 5.29. The van der Waals surface area contributed by atoms with Gasteiger partial charge in [0.05, 0.1) is 7.11 Å². The third-order valence-corrected chi connectivity index (χ3v) is 4.33. The molecule has 1 fully saturated rings. The number of benzene rings is 1. The third kappa shape index (κ3) is 2.69. The van der Waals surface area contributed by atoms with Crippen molar-refractivity contribution < 1.29 is 4.74 Å². The quantitative estimate of drug-likeness (QED) is 0.876. The van der Waals surface area contributed by atoms with Crippen molar-refractivity contribution in [3.05, 3.63) is 29.3 Å². The fourth-order valence-electron chi connectivity index (χ4n) is 3.32. The van der Waals surface area contributed by atoms with Gasteiger partial charge >= 0.3 is 0 Å². The highest BCUT2D eigenvalue weighted by Crippen LogP contribution is 2.39. The molecule has 1 N–H and O–H groups in total. The summed E-state index contributed by atoms with van der Waals surface area (Å²) in [6, 6.07) is 6.92. The van der Waals surface area contributed by atoms with E-state index in [9.17, 15) is 0 Å². The molecule has 0 radical (unpaired) electrons. The van der Waals surface area contributed by atoms with Gasteiger partial charge in [-0.05, 0) is 61.9 Å². The van der Waals surface area contributed by atoms with Crippen molar-refractivity contribution >= 4 is 0 Å².